The average Bonchev–Trinajstić information content (AvgIpc) is 2.39. The highest BCUT2D eigenvalue weighted by Crippen LogP contribution is 2.27. The molecule has 94 valence electrons. The zero-order valence-corrected chi connectivity index (χ0v) is 11.1. The Labute approximate surface area is 108 Å². The Morgan fingerprint density at radius 1 is 1.28 bits per heavy atom. The Bertz CT molecular complexity index is 554. The van der Waals surface area contributed by atoms with E-state index < -0.39 is 0 Å². The lowest BCUT2D eigenvalue weighted by Crippen LogP contribution is -2.31. The van der Waals surface area contributed by atoms with Crippen LogP contribution in [0.1, 0.15) is 36.9 Å². The predicted molar refractivity (Wildman–Crippen MR) is 75.6 cm³/mol. The Morgan fingerprint density at radius 3 is 2.94 bits per heavy atom. The zero-order chi connectivity index (χ0) is 12.5. The summed E-state index contributed by atoms with van der Waals surface area (Å²) < 4.78 is 0. The van der Waals surface area contributed by atoms with E-state index in [0.29, 0.717) is 6.04 Å². The Kier molecular flexibility index (Phi) is 3.04. The molecule has 0 spiro atoms. The summed E-state index contributed by atoms with van der Waals surface area (Å²) in [5, 5.41) is 4.88. The molecule has 2 heteroatoms. The van der Waals surface area contributed by atoms with E-state index in [-0.39, 0.29) is 0 Å². The summed E-state index contributed by atoms with van der Waals surface area (Å²) in [6.45, 7) is 5.55. The van der Waals surface area contributed by atoms with E-state index in [2.05, 4.69) is 48.4 Å². The first-order chi connectivity index (χ1) is 8.74. The molecule has 1 aliphatic rings. The van der Waals surface area contributed by atoms with Gasteiger partial charge < -0.3 is 5.32 Å². The fraction of sp³-hybridized carbons (Fsp3) is 0.438. The van der Waals surface area contributed by atoms with E-state index >= 15 is 0 Å². The summed E-state index contributed by atoms with van der Waals surface area (Å²) in [6.07, 6.45) is 4.58. The number of aromatic nitrogens is 1. The first-order valence-corrected chi connectivity index (χ1v) is 6.82. The molecule has 0 aliphatic carbocycles. The van der Waals surface area contributed by atoms with Crippen molar-refractivity contribution in [2.45, 2.75) is 32.7 Å². The minimum Gasteiger partial charge on any atom is -0.310 e. The number of pyridine rings is 1. The van der Waals surface area contributed by atoms with Gasteiger partial charge in [-0.3, -0.25) is 4.98 Å². The van der Waals surface area contributed by atoms with Gasteiger partial charge in [0.25, 0.3) is 0 Å². The summed E-state index contributed by atoms with van der Waals surface area (Å²) >= 11 is 0. The number of aryl methyl sites for hydroxylation is 1. The maximum atomic E-state index is 4.63. The zero-order valence-electron chi connectivity index (χ0n) is 11.1. The van der Waals surface area contributed by atoms with Crippen molar-refractivity contribution < 1.29 is 0 Å². The van der Waals surface area contributed by atoms with Crippen molar-refractivity contribution in [3.63, 3.8) is 0 Å². The number of rotatable bonds is 1. The number of hydrogen-bond acceptors (Lipinski definition) is 2. The third kappa shape index (κ3) is 2.13. The van der Waals surface area contributed by atoms with Crippen LogP contribution in [-0.4, -0.2) is 11.5 Å². The molecule has 18 heavy (non-hydrogen) atoms. The van der Waals surface area contributed by atoms with E-state index in [0.717, 1.165) is 18.0 Å². The van der Waals surface area contributed by atoms with Gasteiger partial charge in [0, 0.05) is 17.6 Å². The summed E-state index contributed by atoms with van der Waals surface area (Å²) in [6, 6.07) is 9.17. The van der Waals surface area contributed by atoms with Gasteiger partial charge in [0.2, 0.25) is 0 Å². The molecule has 1 saturated heterocycles. The van der Waals surface area contributed by atoms with Crippen LogP contribution in [0.25, 0.3) is 10.9 Å². The van der Waals surface area contributed by atoms with Gasteiger partial charge in [-0.25, -0.2) is 0 Å². The molecule has 0 amide bonds. The third-order valence-electron chi connectivity index (χ3n) is 4.00. The first kappa shape index (κ1) is 11.7. The molecule has 1 aromatic carbocycles. The normalized spacial score (nSPS) is 24.3. The fourth-order valence-electron chi connectivity index (χ4n) is 2.80. The molecular weight excluding hydrogens is 220 g/mol. The topological polar surface area (TPSA) is 24.9 Å². The molecule has 1 N–H and O–H groups in total. The molecule has 1 aromatic heterocycles. The van der Waals surface area contributed by atoms with Gasteiger partial charge in [0.1, 0.15) is 0 Å². The number of benzene rings is 1. The van der Waals surface area contributed by atoms with Crippen molar-refractivity contribution in [3.05, 3.63) is 41.6 Å². The maximum Gasteiger partial charge on any atom is 0.0731 e. The molecule has 0 unspecified atom stereocenters. The van der Waals surface area contributed by atoms with Crippen molar-refractivity contribution in [1.29, 1.82) is 0 Å². The summed E-state index contributed by atoms with van der Waals surface area (Å²) in [4.78, 5) is 4.63. The lowest BCUT2D eigenvalue weighted by Gasteiger charge is -2.28. The summed E-state index contributed by atoms with van der Waals surface area (Å²) in [5.41, 5.74) is 3.72. The van der Waals surface area contributed by atoms with E-state index in [4.69, 9.17) is 0 Å². The number of nitrogens with zero attached hydrogens (tertiary/aromatic N) is 1. The number of hydrogen-bond donors (Lipinski definition) is 1. The molecule has 1 aliphatic heterocycles. The predicted octanol–water partition coefficient (Wildman–Crippen LogP) is 3.60. The Hall–Kier alpha value is -1.41. The number of para-hydroxylation sites is 1. The van der Waals surface area contributed by atoms with Crippen molar-refractivity contribution in [2.24, 2.45) is 5.92 Å². The number of piperidine rings is 1. The molecule has 2 nitrogen and oxygen atoms in total. The van der Waals surface area contributed by atoms with Crippen LogP contribution in [-0.2, 0) is 0 Å². The van der Waals surface area contributed by atoms with Gasteiger partial charge in [-0.05, 0) is 49.4 Å². The van der Waals surface area contributed by atoms with Gasteiger partial charge in [-0.15, -0.1) is 0 Å². The highest BCUT2D eigenvalue weighted by molar-refractivity contribution is 5.82. The first-order valence-electron chi connectivity index (χ1n) is 6.82. The minimum absolute atomic E-state index is 0.485. The number of fused-ring (bicyclic) bond motifs is 1. The largest absolute Gasteiger partial charge is 0.310 e. The van der Waals surface area contributed by atoms with Gasteiger partial charge in [-0.2, -0.15) is 0 Å². The van der Waals surface area contributed by atoms with Crippen LogP contribution < -0.4 is 5.32 Å². The van der Waals surface area contributed by atoms with Gasteiger partial charge >= 0.3 is 0 Å². The summed E-state index contributed by atoms with van der Waals surface area (Å²) in [7, 11) is 0. The molecule has 3 rings (SSSR count). The quantitative estimate of drug-likeness (QED) is 0.823. The van der Waals surface area contributed by atoms with Crippen molar-refractivity contribution >= 4 is 10.9 Å². The van der Waals surface area contributed by atoms with Crippen LogP contribution in [0, 0.1) is 12.8 Å². The molecular formula is C16H20N2. The van der Waals surface area contributed by atoms with Crippen molar-refractivity contribution in [2.75, 3.05) is 6.54 Å². The van der Waals surface area contributed by atoms with E-state index in [1.54, 1.807) is 0 Å². The van der Waals surface area contributed by atoms with Crippen molar-refractivity contribution in [3.8, 4) is 0 Å². The second-order valence-electron chi connectivity index (χ2n) is 5.56. The van der Waals surface area contributed by atoms with Gasteiger partial charge in [0.05, 0.1) is 5.52 Å². The van der Waals surface area contributed by atoms with E-state index in [1.165, 1.54) is 29.4 Å². The van der Waals surface area contributed by atoms with Crippen LogP contribution >= 0.6 is 0 Å². The van der Waals surface area contributed by atoms with E-state index in [1.807, 2.05) is 6.20 Å². The molecule has 0 bridgehead atoms. The molecule has 0 radical (unpaired) electrons. The fourth-order valence-corrected chi connectivity index (χ4v) is 2.80. The maximum absolute atomic E-state index is 4.63. The lowest BCUT2D eigenvalue weighted by atomic mass is 9.92. The van der Waals surface area contributed by atoms with Crippen molar-refractivity contribution in [1.82, 2.24) is 10.3 Å². The number of nitrogens with one attached hydrogen (secondary N) is 1. The van der Waals surface area contributed by atoms with Crippen LogP contribution in [0.15, 0.2) is 30.5 Å². The Morgan fingerprint density at radius 2 is 2.17 bits per heavy atom. The smallest absolute Gasteiger partial charge is 0.0731 e. The molecule has 0 saturated carbocycles. The van der Waals surface area contributed by atoms with Gasteiger partial charge in [-0.1, -0.05) is 25.1 Å². The molecule has 2 heterocycles. The second-order valence-corrected chi connectivity index (χ2v) is 5.56. The minimum atomic E-state index is 0.485. The Balaban J connectivity index is 1.94. The van der Waals surface area contributed by atoms with Crippen LogP contribution in [0.3, 0.4) is 0 Å². The second kappa shape index (κ2) is 4.69. The van der Waals surface area contributed by atoms with Crippen LogP contribution in [0.4, 0.5) is 0 Å². The third-order valence-corrected chi connectivity index (χ3v) is 4.00. The molecule has 1 fully saturated rings. The monoisotopic (exact) mass is 240 g/mol. The molecule has 2 atom stereocenters. The van der Waals surface area contributed by atoms with Gasteiger partial charge in [0.15, 0.2) is 0 Å². The van der Waals surface area contributed by atoms with Crippen LogP contribution in [0.2, 0.25) is 0 Å². The SMILES string of the molecule is Cc1cccc2cc([C@H]3CC[C@H](C)CN3)cnc12. The summed E-state index contributed by atoms with van der Waals surface area (Å²) in [5.74, 6) is 0.803. The highest BCUT2D eigenvalue weighted by atomic mass is 14.9. The lowest BCUT2D eigenvalue weighted by molar-refractivity contribution is 0.333. The standard InChI is InChI=1S/C16H20N2/c1-11-6-7-15(17-9-11)14-8-13-5-3-4-12(2)16(13)18-10-14/h3-5,8,10-11,15,17H,6-7,9H2,1-2H3/t11-,15+/m0/s1. The highest BCUT2D eigenvalue weighted by Gasteiger charge is 2.19. The van der Waals surface area contributed by atoms with Crippen LogP contribution in [0.5, 0.6) is 0 Å². The molecule has 2 aromatic rings. The average molecular weight is 240 g/mol. The van der Waals surface area contributed by atoms with E-state index in [9.17, 15) is 0 Å².